The zero-order valence-electron chi connectivity index (χ0n) is 14.8. The van der Waals surface area contributed by atoms with E-state index >= 15 is 0 Å². The Morgan fingerprint density at radius 3 is 2.65 bits per heavy atom. The summed E-state index contributed by atoms with van der Waals surface area (Å²) in [6.45, 7) is 2.39. The van der Waals surface area contributed by atoms with Crippen LogP contribution in [0.1, 0.15) is 62.4 Å². The predicted molar refractivity (Wildman–Crippen MR) is 92.1 cm³/mol. The molecule has 9 heteroatoms. The average Bonchev–Trinajstić information content (AvgIpc) is 2.85. The van der Waals surface area contributed by atoms with Gasteiger partial charge in [-0.3, -0.25) is 19.8 Å². The lowest BCUT2D eigenvalue weighted by Crippen LogP contribution is -2.51. The molecule has 0 unspecified atom stereocenters. The molecule has 4 amide bonds. The van der Waals surface area contributed by atoms with E-state index in [1.165, 1.54) is 16.8 Å². The van der Waals surface area contributed by atoms with Gasteiger partial charge >= 0.3 is 6.03 Å². The Bertz CT molecular complexity index is 782. The predicted octanol–water partition coefficient (Wildman–Crippen LogP) is 0.943. The van der Waals surface area contributed by atoms with Crippen LogP contribution in [0.25, 0.3) is 0 Å². The van der Waals surface area contributed by atoms with Crippen LogP contribution in [0.2, 0.25) is 0 Å². The summed E-state index contributed by atoms with van der Waals surface area (Å²) >= 11 is 0. The molecule has 2 N–H and O–H groups in total. The van der Waals surface area contributed by atoms with Gasteiger partial charge in [0.2, 0.25) is 0 Å². The van der Waals surface area contributed by atoms with Crippen molar-refractivity contribution in [2.24, 2.45) is 0 Å². The van der Waals surface area contributed by atoms with Crippen LogP contribution in [-0.4, -0.2) is 38.2 Å². The minimum Gasteiger partial charge on any atom is -0.322 e. The van der Waals surface area contributed by atoms with E-state index < -0.39 is 23.4 Å². The van der Waals surface area contributed by atoms with Crippen LogP contribution < -0.4 is 16.3 Å². The molecule has 0 radical (unpaired) electrons. The Labute approximate surface area is 150 Å². The van der Waals surface area contributed by atoms with Crippen LogP contribution in [0.15, 0.2) is 16.9 Å². The van der Waals surface area contributed by atoms with E-state index in [0.29, 0.717) is 19.4 Å². The van der Waals surface area contributed by atoms with Crippen molar-refractivity contribution in [2.45, 2.75) is 64.0 Å². The first-order valence-corrected chi connectivity index (χ1v) is 9.03. The number of unbranched alkanes of at least 4 members (excludes halogenated alkanes) is 1. The molecule has 26 heavy (non-hydrogen) atoms. The Morgan fingerprint density at radius 2 is 1.96 bits per heavy atom. The van der Waals surface area contributed by atoms with Gasteiger partial charge in [0.15, 0.2) is 5.69 Å². The van der Waals surface area contributed by atoms with Crippen LogP contribution in [0.3, 0.4) is 0 Å². The second-order valence-electron chi connectivity index (χ2n) is 6.79. The first-order valence-electron chi connectivity index (χ1n) is 9.03. The fourth-order valence-electron chi connectivity index (χ4n) is 3.41. The lowest BCUT2D eigenvalue weighted by Gasteiger charge is -2.30. The molecular formula is C17H23N5O4. The summed E-state index contributed by atoms with van der Waals surface area (Å²) < 4.78 is 1.22. The van der Waals surface area contributed by atoms with Gasteiger partial charge in [-0.2, -0.15) is 10.1 Å². The highest BCUT2D eigenvalue weighted by Crippen LogP contribution is 2.32. The summed E-state index contributed by atoms with van der Waals surface area (Å²) in [7, 11) is 0. The Balaban J connectivity index is 1.74. The fraction of sp³-hybridized carbons (Fsp3) is 0.588. The van der Waals surface area contributed by atoms with E-state index in [1.807, 2.05) is 6.92 Å². The molecule has 140 valence electrons. The number of hydrazine groups is 1. The van der Waals surface area contributed by atoms with Crippen LogP contribution >= 0.6 is 0 Å². The highest BCUT2D eigenvalue weighted by atomic mass is 16.2. The lowest BCUT2D eigenvalue weighted by atomic mass is 9.82. The number of aromatic nitrogens is 2. The number of hydrogen-bond acceptors (Lipinski definition) is 5. The standard InChI is InChI=1S/C17H23N5O4/c1-2-3-11-21-13(23)8-7-12(19-21)14(24)20-22-15(25)17(18-16(22)26)9-5-4-6-10-17/h7-8H,2-6,9-11H2,1H3,(H,18,26)(H,20,24). The molecule has 1 aromatic heterocycles. The van der Waals surface area contributed by atoms with Crippen LogP contribution in [0.5, 0.6) is 0 Å². The summed E-state index contributed by atoms with van der Waals surface area (Å²) in [6, 6.07) is 1.91. The highest BCUT2D eigenvalue weighted by Gasteiger charge is 2.52. The van der Waals surface area contributed by atoms with Gasteiger partial charge in [0.1, 0.15) is 5.54 Å². The molecule has 2 fully saturated rings. The van der Waals surface area contributed by atoms with Crippen molar-refractivity contribution in [1.82, 2.24) is 25.5 Å². The van der Waals surface area contributed by atoms with Gasteiger partial charge < -0.3 is 5.32 Å². The van der Waals surface area contributed by atoms with Crippen LogP contribution in [0, 0.1) is 0 Å². The first-order chi connectivity index (χ1) is 12.5. The van der Waals surface area contributed by atoms with E-state index in [4.69, 9.17) is 0 Å². The van der Waals surface area contributed by atoms with Crippen molar-refractivity contribution >= 4 is 17.8 Å². The number of amides is 4. The van der Waals surface area contributed by atoms with Crippen molar-refractivity contribution in [3.63, 3.8) is 0 Å². The molecule has 0 atom stereocenters. The summed E-state index contributed by atoms with van der Waals surface area (Å²) in [5.41, 5.74) is 1.10. The molecular weight excluding hydrogens is 338 g/mol. The van der Waals surface area contributed by atoms with Gasteiger partial charge in [-0.25, -0.2) is 9.48 Å². The zero-order chi connectivity index (χ0) is 18.7. The third-order valence-corrected chi connectivity index (χ3v) is 4.90. The molecule has 1 aliphatic carbocycles. The van der Waals surface area contributed by atoms with E-state index in [1.54, 1.807) is 0 Å². The second-order valence-corrected chi connectivity index (χ2v) is 6.79. The maximum Gasteiger partial charge on any atom is 0.344 e. The summed E-state index contributed by atoms with van der Waals surface area (Å²) in [4.78, 5) is 49.1. The molecule has 1 saturated carbocycles. The maximum atomic E-state index is 12.7. The van der Waals surface area contributed by atoms with E-state index in [2.05, 4.69) is 15.8 Å². The largest absolute Gasteiger partial charge is 0.344 e. The maximum absolute atomic E-state index is 12.7. The number of carbonyl (C=O) groups excluding carboxylic acids is 3. The number of nitrogens with one attached hydrogen (secondary N) is 2. The number of rotatable bonds is 5. The third kappa shape index (κ3) is 3.33. The molecule has 1 saturated heterocycles. The average molecular weight is 361 g/mol. The lowest BCUT2D eigenvalue weighted by molar-refractivity contribution is -0.134. The topological polar surface area (TPSA) is 113 Å². The van der Waals surface area contributed by atoms with E-state index in [9.17, 15) is 19.2 Å². The van der Waals surface area contributed by atoms with Crippen LogP contribution in [-0.2, 0) is 11.3 Å². The molecule has 1 aromatic rings. The first kappa shape index (κ1) is 18.1. The molecule has 1 aliphatic heterocycles. The molecule has 1 spiro atoms. The monoisotopic (exact) mass is 361 g/mol. The number of nitrogens with zero attached hydrogens (tertiary/aromatic N) is 3. The van der Waals surface area contributed by atoms with Crippen LogP contribution in [0.4, 0.5) is 4.79 Å². The van der Waals surface area contributed by atoms with E-state index in [0.717, 1.165) is 37.1 Å². The van der Waals surface area contributed by atoms with Gasteiger partial charge in [0.25, 0.3) is 17.4 Å². The number of urea groups is 1. The molecule has 9 nitrogen and oxygen atoms in total. The number of imide groups is 1. The van der Waals surface area contributed by atoms with Gasteiger partial charge in [0, 0.05) is 12.6 Å². The Morgan fingerprint density at radius 1 is 1.23 bits per heavy atom. The molecule has 3 rings (SSSR count). The van der Waals surface area contributed by atoms with Crippen molar-refractivity contribution < 1.29 is 14.4 Å². The highest BCUT2D eigenvalue weighted by molar-refractivity contribution is 6.09. The molecule has 2 heterocycles. The number of hydrogen-bond donors (Lipinski definition) is 2. The minimum atomic E-state index is -0.907. The Hall–Kier alpha value is -2.71. The zero-order valence-corrected chi connectivity index (χ0v) is 14.8. The SMILES string of the molecule is CCCCn1nc(C(=O)NN2C(=O)NC3(CCCCC3)C2=O)ccc1=O. The van der Waals surface area contributed by atoms with Gasteiger partial charge in [-0.1, -0.05) is 32.6 Å². The normalized spacial score (nSPS) is 18.9. The van der Waals surface area contributed by atoms with Crippen molar-refractivity contribution in [3.05, 3.63) is 28.2 Å². The van der Waals surface area contributed by atoms with Gasteiger partial charge in [-0.05, 0) is 25.3 Å². The van der Waals surface area contributed by atoms with E-state index in [-0.39, 0.29) is 11.3 Å². The second kappa shape index (κ2) is 7.27. The fourth-order valence-corrected chi connectivity index (χ4v) is 3.41. The van der Waals surface area contributed by atoms with Crippen molar-refractivity contribution in [1.29, 1.82) is 0 Å². The summed E-state index contributed by atoms with van der Waals surface area (Å²) in [5, 5.41) is 7.48. The third-order valence-electron chi connectivity index (χ3n) is 4.90. The minimum absolute atomic E-state index is 0.0223. The summed E-state index contributed by atoms with van der Waals surface area (Å²) in [6.07, 6.45) is 5.53. The van der Waals surface area contributed by atoms with Crippen molar-refractivity contribution in [2.75, 3.05) is 0 Å². The van der Waals surface area contributed by atoms with Gasteiger partial charge in [0.05, 0.1) is 0 Å². The van der Waals surface area contributed by atoms with Gasteiger partial charge in [-0.15, -0.1) is 0 Å². The Kier molecular flexibility index (Phi) is 5.06. The number of carbonyl (C=O) groups is 3. The molecule has 0 bridgehead atoms. The molecule has 2 aliphatic rings. The van der Waals surface area contributed by atoms with Crippen molar-refractivity contribution in [3.8, 4) is 0 Å². The number of aryl methyl sites for hydroxylation is 1. The summed E-state index contributed by atoms with van der Waals surface area (Å²) in [5.74, 6) is -1.14. The smallest absolute Gasteiger partial charge is 0.322 e. The molecule has 0 aromatic carbocycles. The quantitative estimate of drug-likeness (QED) is 0.758.